The van der Waals surface area contributed by atoms with Gasteiger partial charge in [0.1, 0.15) is 5.15 Å². The molecule has 1 aromatic carbocycles. The molecule has 2 aromatic heterocycles. The molecule has 0 aliphatic rings. The highest BCUT2D eigenvalue weighted by Crippen LogP contribution is 2.22. The highest BCUT2D eigenvalue weighted by molar-refractivity contribution is 6.31. The van der Waals surface area contributed by atoms with Crippen molar-refractivity contribution < 1.29 is 14.0 Å². The van der Waals surface area contributed by atoms with Crippen molar-refractivity contribution in [2.45, 2.75) is 33.2 Å². The van der Waals surface area contributed by atoms with Crippen molar-refractivity contribution in [3.05, 3.63) is 70.9 Å². The van der Waals surface area contributed by atoms with Gasteiger partial charge in [-0.05, 0) is 55.8 Å². The minimum atomic E-state index is -0.341. The van der Waals surface area contributed by atoms with Crippen molar-refractivity contribution in [2.24, 2.45) is 0 Å². The van der Waals surface area contributed by atoms with Crippen LogP contribution in [0.4, 0.5) is 11.4 Å². The molecule has 0 unspecified atom stereocenters. The molecule has 0 radical (unpaired) electrons. The van der Waals surface area contributed by atoms with Crippen LogP contribution in [-0.2, 0) is 11.3 Å². The van der Waals surface area contributed by atoms with E-state index in [1.54, 1.807) is 47.2 Å². The van der Waals surface area contributed by atoms with Gasteiger partial charge in [-0.25, -0.2) is 0 Å². The van der Waals surface area contributed by atoms with Gasteiger partial charge in [0.25, 0.3) is 5.91 Å². The largest absolute Gasteiger partial charge is 0.459 e. The van der Waals surface area contributed by atoms with Gasteiger partial charge in [-0.2, -0.15) is 5.10 Å². The number of amides is 2. The van der Waals surface area contributed by atoms with Crippen LogP contribution in [-0.4, -0.2) is 21.6 Å². The topological polar surface area (TPSA) is 89.2 Å². The third-order valence-electron chi connectivity index (χ3n) is 4.39. The molecule has 3 aromatic rings. The lowest BCUT2D eigenvalue weighted by Crippen LogP contribution is -2.11. The fraction of sp³-hybridized carbons (Fsp3) is 0.227. The minimum absolute atomic E-state index is 0.226. The predicted molar refractivity (Wildman–Crippen MR) is 118 cm³/mol. The van der Waals surface area contributed by atoms with Crippen LogP contribution in [0, 0.1) is 6.92 Å². The van der Waals surface area contributed by atoms with Crippen molar-refractivity contribution in [1.82, 2.24) is 9.78 Å². The van der Waals surface area contributed by atoms with Crippen LogP contribution in [0.25, 0.3) is 6.08 Å². The lowest BCUT2D eigenvalue weighted by molar-refractivity contribution is -0.111. The number of halogens is 1. The molecule has 0 bridgehead atoms. The van der Waals surface area contributed by atoms with Crippen LogP contribution >= 0.6 is 11.6 Å². The fourth-order valence-electron chi connectivity index (χ4n) is 2.79. The Bertz CT molecular complexity index is 1040. The van der Waals surface area contributed by atoms with E-state index in [1.807, 2.05) is 6.92 Å². The van der Waals surface area contributed by atoms with E-state index in [9.17, 15) is 9.59 Å². The van der Waals surface area contributed by atoms with Gasteiger partial charge in [-0.15, -0.1) is 0 Å². The van der Waals surface area contributed by atoms with Gasteiger partial charge < -0.3 is 15.1 Å². The molecule has 0 saturated carbocycles. The number of hydrogen-bond donors (Lipinski definition) is 2. The van der Waals surface area contributed by atoms with Crippen LogP contribution in [0.15, 0.2) is 53.2 Å². The monoisotopic (exact) mass is 426 g/mol. The molecule has 0 fully saturated rings. The normalized spacial score (nSPS) is 11.0. The lowest BCUT2D eigenvalue weighted by Gasteiger charge is -2.06. The van der Waals surface area contributed by atoms with Crippen LogP contribution in [0.3, 0.4) is 0 Å². The second-order valence-electron chi connectivity index (χ2n) is 6.70. The zero-order valence-corrected chi connectivity index (χ0v) is 17.6. The SMILES string of the molecule is CCCCn1nc(C)c(/C=C/C(=O)Nc2ccc(NC(=O)c3ccco3)cc2)c1Cl. The Hall–Kier alpha value is -3.32. The molecule has 2 N–H and O–H groups in total. The first-order valence-electron chi connectivity index (χ1n) is 9.64. The molecule has 0 aliphatic heterocycles. The number of anilines is 2. The lowest BCUT2D eigenvalue weighted by atomic mass is 10.2. The second-order valence-corrected chi connectivity index (χ2v) is 7.06. The van der Waals surface area contributed by atoms with Crippen LogP contribution < -0.4 is 10.6 Å². The Labute approximate surface area is 179 Å². The average molecular weight is 427 g/mol. The highest BCUT2D eigenvalue weighted by Gasteiger charge is 2.11. The molecule has 0 aliphatic carbocycles. The summed E-state index contributed by atoms with van der Waals surface area (Å²) in [5.74, 6) is -0.407. The van der Waals surface area contributed by atoms with Gasteiger partial charge in [0.15, 0.2) is 5.76 Å². The molecular formula is C22H23ClN4O3. The molecule has 2 amide bonds. The third kappa shape index (κ3) is 5.39. The van der Waals surface area contributed by atoms with E-state index >= 15 is 0 Å². The van der Waals surface area contributed by atoms with Crippen molar-refractivity contribution in [1.29, 1.82) is 0 Å². The van der Waals surface area contributed by atoms with Crippen LogP contribution in [0.5, 0.6) is 0 Å². The van der Waals surface area contributed by atoms with E-state index in [2.05, 4.69) is 22.7 Å². The Morgan fingerprint density at radius 3 is 2.50 bits per heavy atom. The summed E-state index contributed by atoms with van der Waals surface area (Å²) < 4.78 is 6.81. The first-order valence-corrected chi connectivity index (χ1v) is 10.0. The number of carbonyl (C=O) groups excluding carboxylic acids is 2. The maximum atomic E-state index is 12.3. The zero-order valence-electron chi connectivity index (χ0n) is 16.8. The second kappa shape index (κ2) is 9.93. The Morgan fingerprint density at radius 2 is 1.87 bits per heavy atom. The molecule has 8 heteroatoms. The fourth-order valence-corrected chi connectivity index (χ4v) is 3.11. The van der Waals surface area contributed by atoms with Crippen molar-refractivity contribution in [3.63, 3.8) is 0 Å². The number of rotatable bonds is 8. The van der Waals surface area contributed by atoms with Crippen LogP contribution in [0.1, 0.15) is 41.6 Å². The number of carbonyl (C=O) groups is 2. The Kier molecular flexibility index (Phi) is 7.08. The molecule has 0 saturated heterocycles. The molecule has 30 heavy (non-hydrogen) atoms. The maximum Gasteiger partial charge on any atom is 0.291 e. The number of aromatic nitrogens is 2. The van der Waals surface area contributed by atoms with Crippen molar-refractivity contribution in [3.8, 4) is 0 Å². The number of furan rings is 1. The zero-order chi connectivity index (χ0) is 21.5. The molecule has 2 heterocycles. The van der Waals surface area contributed by atoms with Gasteiger partial charge in [-0.3, -0.25) is 14.3 Å². The number of nitrogens with zero attached hydrogens (tertiary/aromatic N) is 2. The van der Waals surface area contributed by atoms with Gasteiger partial charge in [-0.1, -0.05) is 24.9 Å². The van der Waals surface area contributed by atoms with E-state index in [0.29, 0.717) is 16.5 Å². The van der Waals surface area contributed by atoms with E-state index in [1.165, 1.54) is 12.3 Å². The smallest absolute Gasteiger partial charge is 0.291 e. The molecule has 7 nitrogen and oxygen atoms in total. The predicted octanol–water partition coefficient (Wildman–Crippen LogP) is 5.14. The average Bonchev–Trinajstić information content (AvgIpc) is 3.35. The third-order valence-corrected chi connectivity index (χ3v) is 4.79. The molecule has 0 spiro atoms. The van der Waals surface area contributed by atoms with E-state index in [4.69, 9.17) is 16.0 Å². The summed E-state index contributed by atoms with van der Waals surface area (Å²) in [7, 11) is 0. The Morgan fingerprint density at radius 1 is 1.17 bits per heavy atom. The summed E-state index contributed by atoms with van der Waals surface area (Å²) in [5, 5.41) is 10.4. The van der Waals surface area contributed by atoms with Gasteiger partial charge in [0, 0.05) is 29.6 Å². The minimum Gasteiger partial charge on any atom is -0.459 e. The molecular weight excluding hydrogens is 404 g/mol. The summed E-state index contributed by atoms with van der Waals surface area (Å²) in [5.41, 5.74) is 2.70. The molecule has 0 atom stereocenters. The van der Waals surface area contributed by atoms with E-state index in [-0.39, 0.29) is 17.6 Å². The standard InChI is InChI=1S/C22H23ClN4O3/c1-3-4-13-27-21(23)18(15(2)26-27)11-12-20(28)24-16-7-9-17(10-8-16)25-22(29)19-6-5-14-30-19/h5-12,14H,3-4,13H2,1-2H3,(H,24,28)(H,25,29)/b12-11+. The van der Waals surface area contributed by atoms with Gasteiger partial charge >= 0.3 is 0 Å². The van der Waals surface area contributed by atoms with Crippen LogP contribution in [0.2, 0.25) is 5.15 Å². The molecule has 156 valence electrons. The van der Waals surface area contributed by atoms with Crippen molar-refractivity contribution >= 4 is 40.9 Å². The summed E-state index contributed by atoms with van der Waals surface area (Å²) in [6, 6.07) is 10.0. The van der Waals surface area contributed by atoms with E-state index in [0.717, 1.165) is 30.6 Å². The Balaban J connectivity index is 1.58. The number of benzene rings is 1. The summed E-state index contributed by atoms with van der Waals surface area (Å²) in [6.07, 6.45) is 6.57. The number of nitrogens with one attached hydrogen (secondary N) is 2. The van der Waals surface area contributed by atoms with Gasteiger partial charge in [0.05, 0.1) is 12.0 Å². The number of hydrogen-bond acceptors (Lipinski definition) is 4. The molecule has 3 rings (SSSR count). The van der Waals surface area contributed by atoms with Crippen molar-refractivity contribution in [2.75, 3.05) is 10.6 Å². The number of aryl methyl sites for hydroxylation is 2. The van der Waals surface area contributed by atoms with E-state index < -0.39 is 0 Å². The summed E-state index contributed by atoms with van der Waals surface area (Å²) in [4.78, 5) is 24.2. The highest BCUT2D eigenvalue weighted by atomic mass is 35.5. The quantitative estimate of drug-likeness (QED) is 0.488. The number of unbranched alkanes of at least 4 members (excludes halogenated alkanes) is 1. The first kappa shape index (κ1) is 21.4. The first-order chi connectivity index (χ1) is 14.5. The summed E-state index contributed by atoms with van der Waals surface area (Å²) in [6.45, 7) is 4.72. The summed E-state index contributed by atoms with van der Waals surface area (Å²) >= 11 is 6.38. The maximum absolute atomic E-state index is 12.3. The van der Waals surface area contributed by atoms with Gasteiger partial charge in [0.2, 0.25) is 5.91 Å².